The minimum absolute atomic E-state index is 0.474. The first-order chi connectivity index (χ1) is 9.27. The van der Waals surface area contributed by atoms with Gasteiger partial charge in [0, 0.05) is 0 Å². The van der Waals surface area contributed by atoms with E-state index in [1.807, 2.05) is 0 Å². The second kappa shape index (κ2) is 10.7. The average molecular weight is 283 g/mol. The van der Waals surface area contributed by atoms with Gasteiger partial charge in [0.25, 0.3) is 0 Å². The quantitative estimate of drug-likeness (QED) is 0.321. The second-order valence-corrected chi connectivity index (χ2v) is 8.83. The van der Waals surface area contributed by atoms with Crippen molar-refractivity contribution in [1.29, 1.82) is 0 Å². The Morgan fingerprint density at radius 1 is 0.550 bits per heavy atom. The van der Waals surface area contributed by atoms with E-state index in [2.05, 4.69) is 41.5 Å². The van der Waals surface area contributed by atoms with Crippen LogP contribution in [-0.2, 0) is 0 Å². The second-order valence-electron chi connectivity index (χ2n) is 8.83. The number of unbranched alkanes of at least 4 members (excludes halogenated alkanes) is 9. The van der Waals surface area contributed by atoms with Crippen LogP contribution in [0, 0.1) is 10.8 Å². The molecule has 0 saturated carbocycles. The van der Waals surface area contributed by atoms with Crippen molar-refractivity contribution >= 4 is 0 Å². The largest absolute Gasteiger partial charge is 0.0654 e. The fourth-order valence-corrected chi connectivity index (χ4v) is 3.62. The Bertz CT molecular complexity index is 207. The highest BCUT2D eigenvalue weighted by Crippen LogP contribution is 2.37. The molecule has 20 heavy (non-hydrogen) atoms. The summed E-state index contributed by atoms with van der Waals surface area (Å²) in [5.74, 6) is 0. The summed E-state index contributed by atoms with van der Waals surface area (Å²) in [6, 6.07) is 0. The molecule has 0 N–H and O–H groups in total. The standard InChI is InChI=1S/C20H42/c1-7-8-9-10-11-12-13-14-15-16-17-20(5,6)18-19(2,3)4/h7-18H2,1-6H3. The minimum Gasteiger partial charge on any atom is -0.0654 e. The topological polar surface area (TPSA) is 0 Å². The first kappa shape index (κ1) is 20.0. The lowest BCUT2D eigenvalue weighted by atomic mass is 9.73. The monoisotopic (exact) mass is 282 g/mol. The van der Waals surface area contributed by atoms with Crippen LogP contribution in [0.25, 0.3) is 0 Å². The molecule has 122 valence electrons. The molecule has 0 heterocycles. The molecule has 0 fully saturated rings. The Labute approximate surface area is 130 Å². The van der Waals surface area contributed by atoms with Crippen LogP contribution in [-0.4, -0.2) is 0 Å². The van der Waals surface area contributed by atoms with Crippen molar-refractivity contribution in [2.24, 2.45) is 10.8 Å². The molecule has 0 radical (unpaired) electrons. The summed E-state index contributed by atoms with van der Waals surface area (Å²) >= 11 is 0. The van der Waals surface area contributed by atoms with E-state index in [0.717, 1.165) is 0 Å². The summed E-state index contributed by atoms with van der Waals surface area (Å²) in [4.78, 5) is 0. The van der Waals surface area contributed by atoms with Crippen molar-refractivity contribution in [3.8, 4) is 0 Å². The zero-order valence-corrected chi connectivity index (χ0v) is 15.5. The molecule has 0 aliphatic carbocycles. The van der Waals surface area contributed by atoms with Crippen molar-refractivity contribution < 1.29 is 0 Å². The van der Waals surface area contributed by atoms with Crippen LogP contribution in [0.1, 0.15) is 119 Å². The Balaban J connectivity index is 3.39. The molecule has 0 aliphatic rings. The van der Waals surface area contributed by atoms with Crippen molar-refractivity contribution in [1.82, 2.24) is 0 Å². The van der Waals surface area contributed by atoms with Crippen LogP contribution in [0.5, 0.6) is 0 Å². The van der Waals surface area contributed by atoms with Crippen LogP contribution in [0.3, 0.4) is 0 Å². The van der Waals surface area contributed by atoms with Gasteiger partial charge in [-0.25, -0.2) is 0 Å². The molecule has 0 amide bonds. The average Bonchev–Trinajstić information content (AvgIpc) is 2.28. The lowest BCUT2D eigenvalue weighted by molar-refractivity contribution is 0.194. The molecular formula is C20H42. The Kier molecular flexibility index (Phi) is 10.7. The fourth-order valence-electron chi connectivity index (χ4n) is 3.62. The van der Waals surface area contributed by atoms with Crippen LogP contribution in [0.4, 0.5) is 0 Å². The lowest BCUT2D eigenvalue weighted by Gasteiger charge is -2.32. The van der Waals surface area contributed by atoms with Crippen LogP contribution >= 0.6 is 0 Å². The predicted molar refractivity (Wildman–Crippen MR) is 94.3 cm³/mol. The van der Waals surface area contributed by atoms with Gasteiger partial charge in [-0.15, -0.1) is 0 Å². The van der Waals surface area contributed by atoms with E-state index in [4.69, 9.17) is 0 Å². The normalized spacial score (nSPS) is 12.9. The number of rotatable bonds is 12. The smallest absolute Gasteiger partial charge is 0.0349 e. The van der Waals surface area contributed by atoms with Crippen LogP contribution in [0.2, 0.25) is 0 Å². The van der Waals surface area contributed by atoms with Gasteiger partial charge < -0.3 is 0 Å². The van der Waals surface area contributed by atoms with Gasteiger partial charge >= 0.3 is 0 Å². The highest BCUT2D eigenvalue weighted by molar-refractivity contribution is 4.76. The van der Waals surface area contributed by atoms with E-state index in [1.165, 1.54) is 77.0 Å². The molecule has 0 unspecified atom stereocenters. The molecule has 0 nitrogen and oxygen atoms in total. The summed E-state index contributed by atoms with van der Waals surface area (Å²) < 4.78 is 0. The number of hydrogen-bond donors (Lipinski definition) is 0. The Morgan fingerprint density at radius 2 is 0.950 bits per heavy atom. The third-order valence-electron chi connectivity index (χ3n) is 4.22. The molecule has 0 aromatic heterocycles. The first-order valence-corrected chi connectivity index (χ1v) is 9.27. The maximum absolute atomic E-state index is 2.45. The first-order valence-electron chi connectivity index (χ1n) is 9.27. The van der Waals surface area contributed by atoms with Crippen molar-refractivity contribution in [2.45, 2.75) is 119 Å². The Hall–Kier alpha value is 0. The van der Waals surface area contributed by atoms with E-state index in [0.29, 0.717) is 10.8 Å². The highest BCUT2D eigenvalue weighted by atomic mass is 14.3. The molecule has 0 aliphatic heterocycles. The van der Waals surface area contributed by atoms with Crippen molar-refractivity contribution in [3.63, 3.8) is 0 Å². The van der Waals surface area contributed by atoms with Crippen LogP contribution in [0.15, 0.2) is 0 Å². The van der Waals surface area contributed by atoms with Crippen molar-refractivity contribution in [2.75, 3.05) is 0 Å². The molecular weight excluding hydrogens is 240 g/mol. The summed E-state index contributed by atoms with van der Waals surface area (Å²) in [7, 11) is 0. The van der Waals surface area contributed by atoms with Gasteiger partial charge in [0.15, 0.2) is 0 Å². The fraction of sp³-hybridized carbons (Fsp3) is 1.00. The molecule has 0 saturated heterocycles. The highest BCUT2D eigenvalue weighted by Gasteiger charge is 2.24. The third kappa shape index (κ3) is 14.4. The summed E-state index contributed by atoms with van der Waals surface area (Å²) in [6.45, 7) is 14.3. The maximum Gasteiger partial charge on any atom is -0.0349 e. The van der Waals surface area contributed by atoms with E-state index in [1.54, 1.807) is 0 Å². The van der Waals surface area contributed by atoms with E-state index in [-0.39, 0.29) is 0 Å². The Morgan fingerprint density at radius 3 is 1.35 bits per heavy atom. The van der Waals surface area contributed by atoms with Gasteiger partial charge in [0.1, 0.15) is 0 Å². The van der Waals surface area contributed by atoms with Gasteiger partial charge in [0.2, 0.25) is 0 Å². The summed E-state index contributed by atoms with van der Waals surface area (Å²) in [6.07, 6.45) is 17.2. The molecule has 0 rings (SSSR count). The van der Waals surface area contributed by atoms with Gasteiger partial charge in [-0.05, 0) is 23.7 Å². The lowest BCUT2D eigenvalue weighted by Crippen LogP contribution is -2.20. The molecule has 0 atom stereocenters. The van der Waals surface area contributed by atoms with Gasteiger partial charge in [-0.1, -0.05) is 106 Å². The van der Waals surface area contributed by atoms with Crippen LogP contribution < -0.4 is 0 Å². The molecule has 0 heteroatoms. The molecule has 0 aromatic carbocycles. The predicted octanol–water partition coefficient (Wildman–Crippen LogP) is 7.76. The summed E-state index contributed by atoms with van der Waals surface area (Å²) in [5, 5.41) is 0. The SMILES string of the molecule is CCCCCCCCCCCCC(C)(C)CC(C)(C)C. The van der Waals surface area contributed by atoms with Gasteiger partial charge in [-0.2, -0.15) is 0 Å². The van der Waals surface area contributed by atoms with E-state index >= 15 is 0 Å². The minimum atomic E-state index is 0.474. The van der Waals surface area contributed by atoms with Crippen molar-refractivity contribution in [3.05, 3.63) is 0 Å². The zero-order chi connectivity index (χ0) is 15.5. The van der Waals surface area contributed by atoms with Gasteiger partial charge in [0.05, 0.1) is 0 Å². The van der Waals surface area contributed by atoms with E-state index in [9.17, 15) is 0 Å². The molecule has 0 bridgehead atoms. The summed E-state index contributed by atoms with van der Waals surface area (Å²) in [5.41, 5.74) is 1.00. The van der Waals surface area contributed by atoms with E-state index < -0.39 is 0 Å². The number of hydrogen-bond acceptors (Lipinski definition) is 0. The molecule has 0 spiro atoms. The maximum atomic E-state index is 2.45. The zero-order valence-electron chi connectivity index (χ0n) is 15.5. The molecule has 0 aromatic rings. The van der Waals surface area contributed by atoms with Gasteiger partial charge in [-0.3, -0.25) is 0 Å². The third-order valence-corrected chi connectivity index (χ3v) is 4.22.